The number of methoxy groups -OCH3 is 4. The van der Waals surface area contributed by atoms with Crippen LogP contribution in [0, 0.1) is 0 Å². The van der Waals surface area contributed by atoms with Crippen molar-refractivity contribution in [1.29, 1.82) is 0 Å². The molecule has 0 aromatic heterocycles. The lowest BCUT2D eigenvalue weighted by molar-refractivity contribution is 0.0591. The second-order valence-corrected chi connectivity index (χ2v) is 15.8. The van der Waals surface area contributed by atoms with Crippen LogP contribution in [0.5, 0.6) is 40.2 Å². The van der Waals surface area contributed by atoms with Gasteiger partial charge in [0.25, 0.3) is 0 Å². The fourth-order valence-corrected chi connectivity index (χ4v) is 7.09. The average Bonchev–Trinajstić information content (AvgIpc) is 3.41. The van der Waals surface area contributed by atoms with Crippen molar-refractivity contribution >= 4 is 23.9 Å². The molecule has 364 valence electrons. The van der Waals surface area contributed by atoms with Gasteiger partial charge in [0.05, 0.1) is 50.7 Å². The van der Waals surface area contributed by atoms with E-state index in [9.17, 15) is 24.3 Å². The van der Waals surface area contributed by atoms with Crippen molar-refractivity contribution in [2.24, 2.45) is 0 Å². The summed E-state index contributed by atoms with van der Waals surface area (Å²) in [6, 6.07) is 42.8. The molecule has 0 aliphatic heterocycles. The van der Waals surface area contributed by atoms with E-state index in [4.69, 9.17) is 47.4 Å². The van der Waals surface area contributed by atoms with Gasteiger partial charge in [0.1, 0.15) is 79.9 Å². The summed E-state index contributed by atoms with van der Waals surface area (Å²) in [6.45, 7) is 0.839. The normalized spacial score (nSPS) is 10.6. The van der Waals surface area contributed by atoms with Crippen LogP contribution in [0.15, 0.2) is 152 Å². The van der Waals surface area contributed by atoms with Gasteiger partial charge in [-0.15, -0.1) is 0 Å². The number of esters is 4. The van der Waals surface area contributed by atoms with Crippen molar-refractivity contribution in [1.82, 2.24) is 0 Å². The molecule has 0 aliphatic carbocycles. The highest BCUT2D eigenvalue weighted by molar-refractivity contribution is 5.90. The van der Waals surface area contributed by atoms with E-state index in [0.717, 1.165) is 22.3 Å². The molecule has 0 saturated heterocycles. The van der Waals surface area contributed by atoms with E-state index in [1.54, 1.807) is 109 Å². The van der Waals surface area contributed by atoms with Gasteiger partial charge in [-0.25, -0.2) is 19.2 Å². The largest absolute Gasteiger partial charge is 0.508 e. The standard InChI is InChI=1S/C56H50O15/c1-62-53(58)42-5-13-47(14-6-42)66-32-38-22-39(33-67-48-15-7-43(8-16-48)54(59)63-2)27-51(26-38)70-30-36-21-37(25-46(57)24-36)31-71-52-28-40(34-68-49-17-9-44(10-18-49)55(60)64-3)23-41(29-52)35-69-50-19-11-45(12-20-50)56(61)65-4/h5-29,57H,30-35H2,1-4H3. The minimum Gasteiger partial charge on any atom is -0.508 e. The van der Waals surface area contributed by atoms with Gasteiger partial charge in [0.2, 0.25) is 0 Å². The van der Waals surface area contributed by atoms with E-state index in [2.05, 4.69) is 0 Å². The summed E-state index contributed by atoms with van der Waals surface area (Å²) in [5.74, 6) is 1.41. The van der Waals surface area contributed by atoms with E-state index < -0.39 is 23.9 Å². The Hall–Kier alpha value is -8.98. The predicted octanol–water partition coefficient (Wildman–Crippen LogP) is 10.0. The molecule has 0 bridgehead atoms. The van der Waals surface area contributed by atoms with E-state index >= 15 is 0 Å². The van der Waals surface area contributed by atoms with Crippen molar-refractivity contribution in [3.8, 4) is 40.2 Å². The number of aromatic hydroxyl groups is 1. The summed E-state index contributed by atoms with van der Waals surface area (Å²) < 4.78 is 56.1. The first kappa shape index (κ1) is 49.9. The Morgan fingerprint density at radius 1 is 0.296 bits per heavy atom. The number of hydrogen-bond acceptors (Lipinski definition) is 15. The number of rotatable bonds is 22. The molecule has 1 N–H and O–H groups in total. The summed E-state index contributed by atoms with van der Waals surface area (Å²) >= 11 is 0. The highest BCUT2D eigenvalue weighted by Gasteiger charge is 2.13. The van der Waals surface area contributed by atoms with Crippen molar-refractivity contribution in [3.63, 3.8) is 0 Å². The molecular formula is C56H50O15. The minimum absolute atomic E-state index is 0.0186. The fraction of sp³-hybridized carbons (Fsp3) is 0.179. The van der Waals surface area contributed by atoms with Crippen LogP contribution in [-0.2, 0) is 58.6 Å². The number of phenolic OH excluding ortho intramolecular Hbond substituents is 1. The van der Waals surface area contributed by atoms with Crippen molar-refractivity contribution < 1.29 is 71.7 Å². The summed E-state index contributed by atoms with van der Waals surface area (Å²) in [6.07, 6.45) is 0. The van der Waals surface area contributed by atoms with Gasteiger partial charge in [-0.1, -0.05) is 0 Å². The molecule has 0 radical (unpaired) electrons. The molecule has 0 amide bonds. The Morgan fingerprint density at radius 3 is 0.704 bits per heavy atom. The van der Waals surface area contributed by atoms with Crippen LogP contribution in [-0.4, -0.2) is 57.4 Å². The molecule has 0 aliphatic rings. The Kier molecular flexibility index (Phi) is 17.1. The zero-order chi connectivity index (χ0) is 50.1. The Bertz CT molecular complexity index is 2570. The fourth-order valence-electron chi connectivity index (χ4n) is 7.09. The lowest BCUT2D eigenvalue weighted by atomic mass is 10.1. The lowest BCUT2D eigenvalue weighted by Crippen LogP contribution is -2.05. The Balaban J connectivity index is 1.05. The summed E-state index contributed by atoms with van der Waals surface area (Å²) in [4.78, 5) is 47.7. The van der Waals surface area contributed by atoms with Gasteiger partial charge in [0.15, 0.2) is 0 Å². The molecule has 0 atom stereocenters. The van der Waals surface area contributed by atoms with E-state index in [-0.39, 0.29) is 45.4 Å². The average molecular weight is 963 g/mol. The molecule has 71 heavy (non-hydrogen) atoms. The number of ether oxygens (including phenoxy) is 10. The molecule has 0 unspecified atom stereocenters. The molecule has 15 nitrogen and oxygen atoms in total. The minimum atomic E-state index is -0.451. The number of carbonyl (C=O) groups excluding carboxylic acids is 4. The zero-order valence-electron chi connectivity index (χ0n) is 39.3. The maximum Gasteiger partial charge on any atom is 0.337 e. The van der Waals surface area contributed by atoms with Crippen LogP contribution in [0.4, 0.5) is 0 Å². The van der Waals surface area contributed by atoms with Gasteiger partial charge in [-0.3, -0.25) is 0 Å². The van der Waals surface area contributed by atoms with Crippen molar-refractivity contribution in [2.45, 2.75) is 39.6 Å². The predicted molar refractivity (Wildman–Crippen MR) is 258 cm³/mol. The summed E-state index contributed by atoms with van der Waals surface area (Å²) in [7, 11) is 5.28. The Labute approximate surface area is 409 Å². The van der Waals surface area contributed by atoms with Gasteiger partial charge in [0, 0.05) is 0 Å². The zero-order valence-corrected chi connectivity index (χ0v) is 39.3. The third kappa shape index (κ3) is 14.5. The molecule has 7 aromatic rings. The van der Waals surface area contributed by atoms with Crippen LogP contribution >= 0.6 is 0 Å². The lowest BCUT2D eigenvalue weighted by Gasteiger charge is -2.15. The van der Waals surface area contributed by atoms with Gasteiger partial charge < -0.3 is 52.5 Å². The van der Waals surface area contributed by atoms with Gasteiger partial charge in [-0.05, 0) is 185 Å². The molecule has 15 heteroatoms. The molecule has 0 fully saturated rings. The topological polar surface area (TPSA) is 181 Å². The first-order valence-corrected chi connectivity index (χ1v) is 22.0. The molecule has 7 rings (SSSR count). The van der Waals surface area contributed by atoms with E-state index in [1.807, 2.05) is 42.5 Å². The van der Waals surface area contributed by atoms with Crippen LogP contribution in [0.1, 0.15) is 74.8 Å². The number of phenols is 1. The van der Waals surface area contributed by atoms with Crippen LogP contribution in [0.2, 0.25) is 0 Å². The third-order valence-corrected chi connectivity index (χ3v) is 10.6. The van der Waals surface area contributed by atoms with E-state index in [0.29, 0.717) is 67.9 Å². The van der Waals surface area contributed by atoms with Gasteiger partial charge >= 0.3 is 23.9 Å². The quantitative estimate of drug-likeness (QED) is 0.0500. The first-order valence-electron chi connectivity index (χ1n) is 22.0. The maximum atomic E-state index is 11.9. The summed E-state index contributed by atoms with van der Waals surface area (Å²) in [5, 5.41) is 10.8. The van der Waals surface area contributed by atoms with Crippen molar-refractivity contribution in [3.05, 3.63) is 207 Å². The van der Waals surface area contributed by atoms with E-state index in [1.165, 1.54) is 28.4 Å². The molecular weight excluding hydrogens is 913 g/mol. The third-order valence-electron chi connectivity index (χ3n) is 10.6. The number of carbonyl (C=O) groups is 4. The first-order chi connectivity index (χ1) is 34.5. The monoisotopic (exact) mass is 962 g/mol. The second kappa shape index (κ2) is 24.3. The van der Waals surface area contributed by atoms with Crippen LogP contribution in [0.25, 0.3) is 0 Å². The number of benzene rings is 7. The highest BCUT2D eigenvalue weighted by atomic mass is 16.5. The molecule has 7 aromatic carbocycles. The summed E-state index contributed by atoms with van der Waals surface area (Å²) in [5.41, 5.74) is 6.02. The van der Waals surface area contributed by atoms with Crippen molar-refractivity contribution in [2.75, 3.05) is 28.4 Å². The smallest absolute Gasteiger partial charge is 0.337 e. The van der Waals surface area contributed by atoms with Crippen LogP contribution in [0.3, 0.4) is 0 Å². The van der Waals surface area contributed by atoms with Gasteiger partial charge in [-0.2, -0.15) is 0 Å². The highest BCUT2D eigenvalue weighted by Crippen LogP contribution is 2.27. The van der Waals surface area contributed by atoms with Crippen LogP contribution < -0.4 is 28.4 Å². The maximum absolute atomic E-state index is 11.9. The molecule has 0 spiro atoms. The second-order valence-electron chi connectivity index (χ2n) is 15.8. The number of hydrogen-bond donors (Lipinski definition) is 1. The SMILES string of the molecule is COC(=O)c1ccc(OCc2cc(COc3ccc(C(=O)OC)cc3)cc(OCc3cc(O)cc(COc4cc(COc5ccc(C(=O)OC)cc5)cc(COc5ccc(C(=O)OC)cc5)c4)c3)c2)cc1. The molecule has 0 heterocycles. The molecule has 0 saturated carbocycles. The Morgan fingerprint density at radius 2 is 0.493 bits per heavy atom.